The molecule has 0 nitrogen and oxygen atoms in total. The average molecular weight is 348 g/mol. The summed E-state index contributed by atoms with van der Waals surface area (Å²) < 4.78 is 0. The summed E-state index contributed by atoms with van der Waals surface area (Å²) >= 11 is 0. The zero-order valence-electron chi connectivity index (χ0n) is 15.2. The molecule has 2 spiro atoms. The summed E-state index contributed by atoms with van der Waals surface area (Å²) in [5.74, 6) is 0. The summed E-state index contributed by atoms with van der Waals surface area (Å²) in [5, 5.41) is 6.07. The van der Waals surface area contributed by atoms with Crippen molar-refractivity contribution in [2.45, 2.75) is 75.0 Å². The normalized spacial score (nSPS) is 29.0. The Morgan fingerprint density at radius 2 is 1.20 bits per heavy atom. The van der Waals surface area contributed by atoms with Gasteiger partial charge in [-0.25, -0.2) is 0 Å². The van der Waals surface area contributed by atoms with Crippen LogP contribution in [-0.2, 0) is 5.16 Å². The molecule has 0 radical (unpaired) electrons. The summed E-state index contributed by atoms with van der Waals surface area (Å²) in [7, 11) is 0. The van der Waals surface area contributed by atoms with Crippen LogP contribution in [0.15, 0.2) is 48.5 Å². The van der Waals surface area contributed by atoms with E-state index >= 15 is 0 Å². The van der Waals surface area contributed by atoms with E-state index in [1.165, 1.54) is 64.2 Å². The van der Waals surface area contributed by atoms with Crippen LogP contribution in [0, 0.1) is 0 Å². The first-order chi connectivity index (χ1) is 12.4. The summed E-state index contributed by atoms with van der Waals surface area (Å²) in [6, 6.07) is 19.5. The minimum atomic E-state index is -2.07. The van der Waals surface area contributed by atoms with Crippen molar-refractivity contribution in [2.24, 2.45) is 0 Å². The van der Waals surface area contributed by atoms with E-state index in [4.69, 9.17) is 0 Å². The molecule has 130 valence electrons. The molecule has 2 aliphatic heterocycles. The van der Waals surface area contributed by atoms with Crippen LogP contribution in [0.1, 0.15) is 69.8 Å². The van der Waals surface area contributed by atoms with Crippen LogP contribution in [0.4, 0.5) is 0 Å². The van der Waals surface area contributed by atoms with E-state index in [1.807, 2.05) is 15.9 Å². The molecule has 2 aromatic rings. The van der Waals surface area contributed by atoms with Gasteiger partial charge >= 0.3 is 152 Å². The SMILES string of the molecule is c1ccc2c(c1)C1(CCCCC1)P21(C2CCCCC2)c2ccccc21. The van der Waals surface area contributed by atoms with E-state index < -0.39 is 6.60 Å². The number of fused-ring (bicyclic) bond motifs is 7. The third-order valence-electron chi connectivity index (χ3n) is 8.61. The Hall–Kier alpha value is -1.13. The van der Waals surface area contributed by atoms with Crippen molar-refractivity contribution in [2.75, 3.05) is 0 Å². The van der Waals surface area contributed by atoms with Gasteiger partial charge in [0.05, 0.1) is 0 Å². The summed E-state index contributed by atoms with van der Waals surface area (Å²) in [6.45, 7) is -2.07. The van der Waals surface area contributed by atoms with E-state index in [1.54, 1.807) is 5.56 Å². The van der Waals surface area contributed by atoms with Crippen LogP contribution < -0.4 is 15.9 Å². The van der Waals surface area contributed by atoms with Crippen LogP contribution in [0.5, 0.6) is 0 Å². The molecule has 0 bridgehead atoms. The summed E-state index contributed by atoms with van der Waals surface area (Å²) in [6.07, 6.45) is 14.7. The van der Waals surface area contributed by atoms with Gasteiger partial charge < -0.3 is 0 Å². The zero-order chi connectivity index (χ0) is 16.6. The van der Waals surface area contributed by atoms with Gasteiger partial charge in [0.15, 0.2) is 0 Å². The van der Waals surface area contributed by atoms with Gasteiger partial charge in [0.25, 0.3) is 0 Å². The Bertz CT molecular complexity index is 829. The van der Waals surface area contributed by atoms with E-state index in [2.05, 4.69) is 48.5 Å². The van der Waals surface area contributed by atoms with Crippen molar-refractivity contribution < 1.29 is 0 Å². The van der Waals surface area contributed by atoms with Gasteiger partial charge in [-0.2, -0.15) is 0 Å². The Kier molecular flexibility index (Phi) is 2.86. The molecule has 0 amide bonds. The summed E-state index contributed by atoms with van der Waals surface area (Å²) in [5.41, 5.74) is 2.74. The van der Waals surface area contributed by atoms with Crippen LogP contribution in [0.3, 0.4) is 0 Å². The fourth-order valence-corrected chi connectivity index (χ4v) is 18.3. The van der Waals surface area contributed by atoms with Crippen LogP contribution in [0.25, 0.3) is 0 Å². The quantitative estimate of drug-likeness (QED) is 0.611. The molecule has 0 N–H and O–H groups in total. The van der Waals surface area contributed by atoms with E-state index in [0.29, 0.717) is 5.16 Å². The Balaban J connectivity index is 1.69. The number of hydrogen-bond acceptors (Lipinski definition) is 0. The van der Waals surface area contributed by atoms with Crippen molar-refractivity contribution in [3.05, 3.63) is 54.1 Å². The standard InChI is InChI=1S/C24H29P/c1-3-11-19(12-4-1)25(22-15-7-8-16-23(22)25)21-14-6-5-13-20(21)24(25)17-9-2-10-18-24/h5-8,13-16,19H,1-4,9-12,17-18H2. The molecular formula is C24H29P. The third kappa shape index (κ3) is 1.32. The number of rotatable bonds is 1. The predicted molar refractivity (Wildman–Crippen MR) is 110 cm³/mol. The second-order valence-corrected chi connectivity index (χ2v) is 14.5. The topological polar surface area (TPSA) is 0 Å². The fourth-order valence-electron chi connectivity index (χ4n) is 7.99. The van der Waals surface area contributed by atoms with Gasteiger partial charge in [0.1, 0.15) is 0 Å². The van der Waals surface area contributed by atoms with Crippen molar-refractivity contribution >= 4 is 22.5 Å². The molecule has 1 heteroatoms. The molecule has 2 fully saturated rings. The Morgan fingerprint density at radius 3 is 1.88 bits per heavy atom. The average Bonchev–Trinajstić information content (AvgIpc) is 3.37. The Morgan fingerprint density at radius 1 is 0.640 bits per heavy atom. The van der Waals surface area contributed by atoms with Crippen LogP contribution in [0.2, 0.25) is 0 Å². The second-order valence-electron chi connectivity index (χ2n) is 9.08. The van der Waals surface area contributed by atoms with Crippen LogP contribution in [-0.4, -0.2) is 5.66 Å². The molecular weight excluding hydrogens is 319 g/mol. The van der Waals surface area contributed by atoms with Crippen molar-refractivity contribution in [1.82, 2.24) is 0 Å². The van der Waals surface area contributed by atoms with Gasteiger partial charge in [0.2, 0.25) is 0 Å². The minimum absolute atomic E-state index is 0.534. The van der Waals surface area contributed by atoms with Gasteiger partial charge in [-0.15, -0.1) is 0 Å². The molecule has 2 aromatic carbocycles. The maximum atomic E-state index is 2.56. The first-order valence-corrected chi connectivity index (χ1v) is 12.9. The fraction of sp³-hybridized carbons (Fsp3) is 0.500. The van der Waals surface area contributed by atoms with Crippen molar-refractivity contribution in [3.8, 4) is 0 Å². The first-order valence-electron chi connectivity index (χ1n) is 10.6. The molecule has 4 aliphatic rings. The van der Waals surface area contributed by atoms with E-state index in [9.17, 15) is 0 Å². The molecule has 0 unspecified atom stereocenters. The number of hydrogen-bond donors (Lipinski definition) is 0. The summed E-state index contributed by atoms with van der Waals surface area (Å²) in [4.78, 5) is 0. The van der Waals surface area contributed by atoms with Crippen molar-refractivity contribution in [1.29, 1.82) is 0 Å². The molecule has 0 saturated heterocycles. The molecule has 2 saturated carbocycles. The van der Waals surface area contributed by atoms with Gasteiger partial charge in [-0.3, -0.25) is 0 Å². The molecule has 0 aromatic heterocycles. The Labute approximate surface area is 152 Å². The second kappa shape index (κ2) is 4.77. The first kappa shape index (κ1) is 15.0. The van der Waals surface area contributed by atoms with E-state index in [-0.39, 0.29) is 0 Å². The maximum absolute atomic E-state index is 2.56. The van der Waals surface area contributed by atoms with E-state index in [0.717, 1.165) is 5.66 Å². The predicted octanol–water partition coefficient (Wildman–Crippen LogP) is 5.34. The van der Waals surface area contributed by atoms with Crippen LogP contribution >= 0.6 is 6.60 Å². The number of benzene rings is 2. The third-order valence-corrected chi connectivity index (χ3v) is 17.0. The molecule has 6 rings (SSSR count). The van der Waals surface area contributed by atoms with Gasteiger partial charge in [0, 0.05) is 0 Å². The molecule has 0 atom stereocenters. The zero-order valence-corrected chi connectivity index (χ0v) is 16.1. The monoisotopic (exact) mass is 348 g/mol. The molecule has 2 heterocycles. The van der Waals surface area contributed by atoms with Gasteiger partial charge in [-0.1, -0.05) is 0 Å². The van der Waals surface area contributed by atoms with Gasteiger partial charge in [-0.05, 0) is 0 Å². The molecule has 25 heavy (non-hydrogen) atoms. The van der Waals surface area contributed by atoms with Crippen molar-refractivity contribution in [3.63, 3.8) is 0 Å². The molecule has 2 aliphatic carbocycles.